The zero-order valence-electron chi connectivity index (χ0n) is 17.4. The maximum Gasteiger partial charge on any atom is 0.241 e. The fourth-order valence-electron chi connectivity index (χ4n) is 2.85. The average Bonchev–Trinajstić information content (AvgIpc) is 2.72. The zero-order chi connectivity index (χ0) is 22.0. The highest BCUT2D eigenvalue weighted by Gasteiger charge is 2.17. The second kappa shape index (κ2) is 11.8. The molecule has 0 saturated carbocycles. The van der Waals surface area contributed by atoms with Crippen LogP contribution in [0.4, 0.5) is 0 Å². The molecule has 9 heteroatoms. The van der Waals surface area contributed by atoms with E-state index < -0.39 is 10.0 Å². The van der Waals surface area contributed by atoms with Gasteiger partial charge in [-0.2, -0.15) is 11.8 Å². The number of hydrogen-bond acceptors (Lipinski definition) is 7. The summed E-state index contributed by atoms with van der Waals surface area (Å²) in [6, 6.07) is 12.4. The number of sulfonamides is 1. The minimum Gasteiger partial charge on any atom is -0.495 e. The number of ether oxygens (including phenoxy) is 3. The van der Waals surface area contributed by atoms with Gasteiger partial charge in [0.1, 0.15) is 17.3 Å². The van der Waals surface area contributed by atoms with Crippen molar-refractivity contribution in [1.82, 2.24) is 0 Å². The van der Waals surface area contributed by atoms with Crippen LogP contribution in [0.25, 0.3) is 0 Å². The van der Waals surface area contributed by atoms with Crippen molar-refractivity contribution < 1.29 is 22.6 Å². The highest BCUT2D eigenvalue weighted by atomic mass is 32.2. The van der Waals surface area contributed by atoms with Gasteiger partial charge in [-0.3, -0.25) is 4.99 Å². The van der Waals surface area contributed by atoms with Crippen LogP contribution in [-0.4, -0.2) is 53.0 Å². The second-order valence-corrected chi connectivity index (χ2v) is 8.81. The molecule has 0 spiro atoms. The van der Waals surface area contributed by atoms with Crippen LogP contribution in [0.2, 0.25) is 0 Å². The third-order valence-electron chi connectivity index (χ3n) is 4.14. The summed E-state index contributed by atoms with van der Waals surface area (Å²) < 4.78 is 40.1. The zero-order valence-corrected chi connectivity index (χ0v) is 19.0. The molecule has 2 aromatic carbocycles. The lowest BCUT2D eigenvalue weighted by atomic mass is 10.1. The van der Waals surface area contributed by atoms with E-state index >= 15 is 0 Å². The molecule has 0 aromatic heterocycles. The number of benzene rings is 2. The topological polar surface area (TPSA) is 100 Å². The molecule has 30 heavy (non-hydrogen) atoms. The number of rotatable bonds is 12. The number of thioether (sulfide) groups is 1. The van der Waals surface area contributed by atoms with Crippen molar-refractivity contribution in [3.8, 4) is 17.2 Å². The molecule has 0 heterocycles. The Kier molecular flexibility index (Phi) is 9.48. The van der Waals surface area contributed by atoms with E-state index in [-0.39, 0.29) is 16.7 Å². The van der Waals surface area contributed by atoms with Gasteiger partial charge in [0.25, 0.3) is 0 Å². The molecule has 0 aliphatic rings. The lowest BCUT2D eigenvalue weighted by Crippen LogP contribution is -2.16. The first-order chi connectivity index (χ1) is 14.4. The maximum atomic E-state index is 11.8. The van der Waals surface area contributed by atoms with Crippen molar-refractivity contribution in [1.29, 1.82) is 0 Å². The Hall–Kier alpha value is -2.23. The molecular weight excluding hydrogens is 424 g/mol. The van der Waals surface area contributed by atoms with Crippen molar-refractivity contribution in [2.75, 3.05) is 32.3 Å². The van der Waals surface area contributed by atoms with Crippen molar-refractivity contribution in [3.63, 3.8) is 0 Å². The molecule has 0 aliphatic carbocycles. The SMILES string of the molecule is CCOc1ccccc1OCC=NC(CSC)Cc1ccc(OC)c(S(N)(=O)=O)c1. The fraction of sp³-hybridized carbons (Fsp3) is 0.381. The summed E-state index contributed by atoms with van der Waals surface area (Å²) in [5.41, 5.74) is 0.818. The molecule has 2 aromatic rings. The van der Waals surface area contributed by atoms with Crippen LogP contribution >= 0.6 is 11.8 Å². The third-order valence-corrected chi connectivity index (χ3v) is 5.79. The highest BCUT2D eigenvalue weighted by molar-refractivity contribution is 7.98. The molecule has 7 nitrogen and oxygen atoms in total. The number of para-hydroxylation sites is 2. The molecule has 0 amide bonds. The highest BCUT2D eigenvalue weighted by Crippen LogP contribution is 2.26. The quantitative estimate of drug-likeness (QED) is 0.497. The van der Waals surface area contributed by atoms with E-state index in [9.17, 15) is 8.42 Å². The van der Waals surface area contributed by atoms with Crippen LogP contribution < -0.4 is 19.3 Å². The first-order valence-electron chi connectivity index (χ1n) is 9.44. The normalized spacial score (nSPS) is 12.7. The van der Waals surface area contributed by atoms with E-state index in [4.69, 9.17) is 19.3 Å². The average molecular weight is 453 g/mol. The van der Waals surface area contributed by atoms with Crippen molar-refractivity contribution >= 4 is 28.0 Å². The van der Waals surface area contributed by atoms with E-state index in [2.05, 4.69) is 4.99 Å². The molecule has 0 radical (unpaired) electrons. The van der Waals surface area contributed by atoms with Crippen LogP contribution in [0, 0.1) is 0 Å². The van der Waals surface area contributed by atoms with Gasteiger partial charge in [-0.25, -0.2) is 13.6 Å². The Morgan fingerprint density at radius 1 is 1.13 bits per heavy atom. The Balaban J connectivity index is 2.06. The van der Waals surface area contributed by atoms with Crippen LogP contribution in [0.3, 0.4) is 0 Å². The first kappa shape index (κ1) is 24.0. The summed E-state index contributed by atoms with van der Waals surface area (Å²) in [5, 5.41) is 5.31. The van der Waals surface area contributed by atoms with Crippen LogP contribution in [0.15, 0.2) is 52.4 Å². The molecule has 1 unspecified atom stereocenters. The number of methoxy groups -OCH3 is 1. The minimum atomic E-state index is -3.88. The predicted octanol–water partition coefficient (Wildman–Crippen LogP) is 3.17. The van der Waals surface area contributed by atoms with E-state index in [1.807, 2.05) is 43.5 Å². The lowest BCUT2D eigenvalue weighted by Gasteiger charge is -2.14. The summed E-state index contributed by atoms with van der Waals surface area (Å²) >= 11 is 1.67. The van der Waals surface area contributed by atoms with Gasteiger partial charge in [0, 0.05) is 12.0 Å². The first-order valence-corrected chi connectivity index (χ1v) is 12.4. The van der Waals surface area contributed by atoms with Crippen molar-refractivity contribution in [2.45, 2.75) is 24.3 Å². The molecule has 0 bridgehead atoms. The van der Waals surface area contributed by atoms with Gasteiger partial charge >= 0.3 is 0 Å². The molecule has 0 saturated heterocycles. The number of nitrogens with zero attached hydrogens (tertiary/aromatic N) is 1. The number of hydrogen-bond donors (Lipinski definition) is 1. The van der Waals surface area contributed by atoms with Gasteiger partial charge < -0.3 is 14.2 Å². The maximum absolute atomic E-state index is 11.8. The van der Waals surface area contributed by atoms with Crippen LogP contribution in [0.1, 0.15) is 12.5 Å². The van der Waals surface area contributed by atoms with Crippen molar-refractivity contribution in [3.05, 3.63) is 48.0 Å². The monoisotopic (exact) mass is 452 g/mol. The van der Waals surface area contributed by atoms with Gasteiger partial charge in [0.2, 0.25) is 10.0 Å². The summed E-state index contributed by atoms with van der Waals surface area (Å²) in [5.74, 6) is 2.37. The van der Waals surface area contributed by atoms with Gasteiger partial charge in [-0.1, -0.05) is 18.2 Å². The molecular formula is C21H28N2O5S2. The molecule has 0 aliphatic heterocycles. The smallest absolute Gasteiger partial charge is 0.241 e. The lowest BCUT2D eigenvalue weighted by molar-refractivity contribution is 0.302. The summed E-state index contributed by atoms with van der Waals surface area (Å²) in [4.78, 5) is 4.59. The Bertz CT molecular complexity index is 948. The number of nitrogens with two attached hydrogens (primary N) is 1. The Morgan fingerprint density at radius 3 is 2.43 bits per heavy atom. The molecule has 0 fully saturated rings. The Morgan fingerprint density at radius 2 is 1.83 bits per heavy atom. The van der Waals surface area contributed by atoms with Crippen LogP contribution in [-0.2, 0) is 16.4 Å². The summed E-state index contributed by atoms with van der Waals surface area (Å²) in [7, 11) is -2.47. The molecule has 1 atom stereocenters. The molecule has 2 N–H and O–H groups in total. The van der Waals surface area contributed by atoms with E-state index in [0.717, 1.165) is 11.3 Å². The number of primary sulfonamides is 1. The van der Waals surface area contributed by atoms with E-state index in [1.54, 1.807) is 30.1 Å². The van der Waals surface area contributed by atoms with Gasteiger partial charge in [0.15, 0.2) is 11.5 Å². The van der Waals surface area contributed by atoms with E-state index in [0.29, 0.717) is 31.1 Å². The van der Waals surface area contributed by atoms with Gasteiger partial charge in [-0.05, 0) is 49.4 Å². The van der Waals surface area contributed by atoms with Crippen molar-refractivity contribution in [2.24, 2.45) is 10.1 Å². The predicted molar refractivity (Wildman–Crippen MR) is 122 cm³/mol. The molecule has 164 valence electrons. The van der Waals surface area contributed by atoms with Gasteiger partial charge in [-0.15, -0.1) is 0 Å². The van der Waals surface area contributed by atoms with Crippen LogP contribution in [0.5, 0.6) is 17.2 Å². The second-order valence-electron chi connectivity index (χ2n) is 6.37. The minimum absolute atomic E-state index is 0.0229. The van der Waals surface area contributed by atoms with E-state index in [1.165, 1.54) is 7.11 Å². The summed E-state index contributed by atoms with van der Waals surface area (Å²) in [6.45, 7) is 2.79. The third kappa shape index (κ3) is 7.23. The standard InChI is InChI=1S/C21H28N2O5S2/c1-4-27-18-7-5-6-8-19(18)28-12-11-23-17(15-29-3)13-16-9-10-20(26-2)21(14-16)30(22,24)25/h5-11,14,17H,4,12-13,15H2,1-3H3,(H2,22,24,25). The summed E-state index contributed by atoms with van der Waals surface area (Å²) in [6.07, 6.45) is 4.30. The number of aliphatic imine (C=N–C) groups is 1. The molecule has 2 rings (SSSR count). The fourth-order valence-corrected chi connectivity index (χ4v) is 4.19. The Labute approximate surface area is 182 Å². The van der Waals surface area contributed by atoms with Gasteiger partial charge in [0.05, 0.1) is 19.8 Å². The largest absolute Gasteiger partial charge is 0.495 e.